The van der Waals surface area contributed by atoms with Crippen molar-refractivity contribution in [3.8, 4) is 0 Å². The second kappa shape index (κ2) is 7.35. The lowest BCUT2D eigenvalue weighted by Gasteiger charge is -2.36. The van der Waals surface area contributed by atoms with Crippen LogP contribution < -0.4 is 10.7 Å². The number of fused-ring (bicyclic) bond motifs is 2. The summed E-state index contributed by atoms with van der Waals surface area (Å²) in [5, 5.41) is 6.48. The summed E-state index contributed by atoms with van der Waals surface area (Å²) in [6.07, 6.45) is 5.00. The molecule has 9 heteroatoms. The minimum absolute atomic E-state index is 0.168. The summed E-state index contributed by atoms with van der Waals surface area (Å²) in [6.45, 7) is 0. The maximum atomic E-state index is 12.8. The maximum absolute atomic E-state index is 12.8. The Hall–Kier alpha value is -2.74. The number of hydrogen-bond donors (Lipinski definition) is 2. The van der Waals surface area contributed by atoms with Gasteiger partial charge in [-0.05, 0) is 55.4 Å². The SMILES string of the molecule is O=C(N/N=C\[C@H]1C(=O)NC(=O)N([C@@H]2C[C@H]3CC[C@H]2C3)C1=O)c1ccc(Cl)cc1. The number of amides is 5. The number of benzene rings is 1. The molecule has 1 aromatic carbocycles. The minimum Gasteiger partial charge on any atom is -0.277 e. The molecule has 2 N–H and O–H groups in total. The van der Waals surface area contributed by atoms with Crippen LogP contribution in [0.3, 0.4) is 0 Å². The summed E-state index contributed by atoms with van der Waals surface area (Å²) in [7, 11) is 0. The molecule has 1 aliphatic heterocycles. The Balaban J connectivity index is 1.44. The van der Waals surface area contributed by atoms with Gasteiger partial charge in [-0.2, -0.15) is 5.10 Å². The van der Waals surface area contributed by atoms with Crippen molar-refractivity contribution in [2.24, 2.45) is 22.9 Å². The molecule has 5 amide bonds. The Kier molecular flexibility index (Phi) is 4.89. The maximum Gasteiger partial charge on any atom is 0.331 e. The molecule has 0 radical (unpaired) electrons. The number of hydrazone groups is 1. The zero-order valence-electron chi connectivity index (χ0n) is 14.9. The van der Waals surface area contributed by atoms with Crippen LogP contribution in [0.4, 0.5) is 4.79 Å². The van der Waals surface area contributed by atoms with Crippen molar-refractivity contribution < 1.29 is 19.2 Å². The second-order valence-electron chi connectivity index (χ2n) is 7.45. The second-order valence-corrected chi connectivity index (χ2v) is 7.88. The molecule has 1 saturated heterocycles. The van der Waals surface area contributed by atoms with E-state index in [2.05, 4.69) is 15.8 Å². The van der Waals surface area contributed by atoms with Gasteiger partial charge in [0.25, 0.3) is 5.91 Å². The topological polar surface area (TPSA) is 108 Å². The van der Waals surface area contributed by atoms with Gasteiger partial charge in [-0.3, -0.25) is 24.6 Å². The van der Waals surface area contributed by atoms with Crippen molar-refractivity contribution in [3.63, 3.8) is 0 Å². The van der Waals surface area contributed by atoms with Crippen LogP contribution in [0.25, 0.3) is 0 Å². The van der Waals surface area contributed by atoms with Crippen molar-refractivity contribution in [2.75, 3.05) is 0 Å². The van der Waals surface area contributed by atoms with Gasteiger partial charge in [-0.1, -0.05) is 18.0 Å². The van der Waals surface area contributed by atoms with Gasteiger partial charge < -0.3 is 0 Å². The van der Waals surface area contributed by atoms with E-state index in [1.54, 1.807) is 12.1 Å². The number of nitrogens with zero attached hydrogens (tertiary/aromatic N) is 2. The van der Waals surface area contributed by atoms with Gasteiger partial charge in [0, 0.05) is 22.8 Å². The Bertz CT molecular complexity index is 869. The summed E-state index contributed by atoms with van der Waals surface area (Å²) in [5.74, 6) is -2.23. The Morgan fingerprint density at radius 1 is 1.18 bits per heavy atom. The first kappa shape index (κ1) is 18.6. The normalized spacial score (nSPS) is 29.5. The van der Waals surface area contributed by atoms with Crippen LogP contribution >= 0.6 is 11.6 Å². The lowest BCUT2D eigenvalue weighted by molar-refractivity contribution is -0.141. The highest BCUT2D eigenvalue weighted by Gasteiger charge is 2.50. The van der Waals surface area contributed by atoms with E-state index in [0.29, 0.717) is 22.4 Å². The van der Waals surface area contributed by atoms with Crippen LogP contribution in [0.1, 0.15) is 36.0 Å². The summed E-state index contributed by atoms with van der Waals surface area (Å²) in [5.41, 5.74) is 2.61. The molecule has 2 saturated carbocycles. The quantitative estimate of drug-likeness (QED) is 0.455. The van der Waals surface area contributed by atoms with E-state index in [4.69, 9.17) is 11.6 Å². The fourth-order valence-electron chi connectivity index (χ4n) is 4.41. The molecule has 4 rings (SSSR count). The van der Waals surface area contributed by atoms with Gasteiger partial charge in [-0.15, -0.1) is 0 Å². The van der Waals surface area contributed by atoms with E-state index < -0.39 is 29.7 Å². The molecular formula is C19H19ClN4O4. The zero-order valence-corrected chi connectivity index (χ0v) is 15.7. The molecule has 3 fully saturated rings. The number of carbonyl (C=O) groups excluding carboxylic acids is 4. The van der Waals surface area contributed by atoms with E-state index in [1.165, 1.54) is 17.0 Å². The molecular weight excluding hydrogens is 384 g/mol. The Morgan fingerprint density at radius 3 is 2.57 bits per heavy atom. The number of rotatable bonds is 4. The fourth-order valence-corrected chi connectivity index (χ4v) is 4.54. The molecule has 4 atom stereocenters. The average Bonchev–Trinajstić information content (AvgIpc) is 3.28. The molecule has 2 bridgehead atoms. The van der Waals surface area contributed by atoms with Crippen LogP contribution in [0.2, 0.25) is 5.02 Å². The summed E-state index contributed by atoms with van der Waals surface area (Å²) in [4.78, 5) is 50.4. The third-order valence-corrected chi connectivity index (χ3v) is 6.02. The van der Waals surface area contributed by atoms with E-state index in [1.807, 2.05) is 0 Å². The molecule has 3 aliphatic rings. The molecule has 8 nitrogen and oxygen atoms in total. The molecule has 146 valence electrons. The minimum atomic E-state index is -1.25. The molecule has 0 unspecified atom stereocenters. The largest absolute Gasteiger partial charge is 0.331 e. The van der Waals surface area contributed by atoms with Gasteiger partial charge in [0.15, 0.2) is 5.92 Å². The molecule has 0 aromatic heterocycles. The predicted octanol–water partition coefficient (Wildman–Crippen LogP) is 1.94. The first-order chi connectivity index (χ1) is 13.4. The van der Waals surface area contributed by atoms with Crippen molar-refractivity contribution in [2.45, 2.75) is 31.7 Å². The number of imide groups is 2. The number of carbonyl (C=O) groups is 4. The lowest BCUT2D eigenvalue weighted by atomic mass is 9.92. The highest BCUT2D eigenvalue weighted by atomic mass is 35.5. The fraction of sp³-hybridized carbons (Fsp3) is 0.421. The summed E-state index contributed by atoms with van der Waals surface area (Å²) >= 11 is 5.78. The number of urea groups is 1. The molecule has 1 heterocycles. The van der Waals surface area contributed by atoms with Gasteiger partial charge in [0.2, 0.25) is 11.8 Å². The molecule has 28 heavy (non-hydrogen) atoms. The van der Waals surface area contributed by atoms with Crippen molar-refractivity contribution in [1.29, 1.82) is 0 Å². The van der Waals surface area contributed by atoms with Crippen molar-refractivity contribution in [1.82, 2.24) is 15.6 Å². The van der Waals surface area contributed by atoms with Crippen LogP contribution in [-0.4, -0.2) is 40.9 Å². The third kappa shape index (κ3) is 3.40. The molecule has 2 aliphatic carbocycles. The molecule has 0 spiro atoms. The number of halogens is 1. The standard InChI is InChI=1S/C19H19ClN4O4/c20-13-5-3-11(4-6-13)16(25)23-21-9-14-17(26)22-19(28)24(18(14)27)15-8-10-1-2-12(15)7-10/h3-6,9-10,12,14-15H,1-2,7-8H2,(H,23,25)(H,22,26,28)/b21-9-/t10-,12-,14-,15+/m0/s1. The molecule has 1 aromatic rings. The van der Waals surface area contributed by atoms with E-state index in [0.717, 1.165) is 31.9 Å². The van der Waals surface area contributed by atoms with Gasteiger partial charge >= 0.3 is 6.03 Å². The van der Waals surface area contributed by atoms with E-state index >= 15 is 0 Å². The number of hydrogen-bond acceptors (Lipinski definition) is 5. The third-order valence-electron chi connectivity index (χ3n) is 5.76. The number of nitrogens with one attached hydrogen (secondary N) is 2. The first-order valence-corrected chi connectivity index (χ1v) is 9.59. The summed E-state index contributed by atoms with van der Waals surface area (Å²) < 4.78 is 0. The van der Waals surface area contributed by atoms with Crippen LogP contribution in [-0.2, 0) is 9.59 Å². The van der Waals surface area contributed by atoms with E-state index in [-0.39, 0.29) is 6.04 Å². The van der Waals surface area contributed by atoms with Gasteiger partial charge in [-0.25, -0.2) is 10.2 Å². The highest BCUT2D eigenvalue weighted by molar-refractivity contribution is 6.30. The summed E-state index contributed by atoms with van der Waals surface area (Å²) in [6, 6.07) is 5.36. The Labute approximate surface area is 166 Å². The van der Waals surface area contributed by atoms with Crippen molar-refractivity contribution >= 4 is 41.6 Å². The van der Waals surface area contributed by atoms with Crippen LogP contribution in [0.5, 0.6) is 0 Å². The van der Waals surface area contributed by atoms with Crippen LogP contribution in [0.15, 0.2) is 29.4 Å². The van der Waals surface area contributed by atoms with E-state index in [9.17, 15) is 19.2 Å². The zero-order chi connectivity index (χ0) is 19.8. The predicted molar refractivity (Wildman–Crippen MR) is 101 cm³/mol. The van der Waals surface area contributed by atoms with Crippen LogP contribution in [0, 0.1) is 17.8 Å². The Morgan fingerprint density at radius 2 is 1.93 bits per heavy atom. The smallest absolute Gasteiger partial charge is 0.277 e. The monoisotopic (exact) mass is 402 g/mol. The van der Waals surface area contributed by atoms with Gasteiger partial charge in [0.05, 0.1) is 0 Å². The number of barbiturate groups is 1. The van der Waals surface area contributed by atoms with Crippen molar-refractivity contribution in [3.05, 3.63) is 34.9 Å². The highest BCUT2D eigenvalue weighted by Crippen LogP contribution is 2.47. The first-order valence-electron chi connectivity index (χ1n) is 9.21. The van der Waals surface area contributed by atoms with Gasteiger partial charge in [0.1, 0.15) is 0 Å². The average molecular weight is 403 g/mol. The lowest BCUT2D eigenvalue weighted by Crippen LogP contribution is -2.62.